The molecule has 0 aliphatic rings. The van der Waals surface area contributed by atoms with Crippen molar-refractivity contribution in [2.24, 2.45) is 16.9 Å². The summed E-state index contributed by atoms with van der Waals surface area (Å²) < 4.78 is 9.39. The van der Waals surface area contributed by atoms with Crippen molar-refractivity contribution in [2.75, 3.05) is 0 Å². The van der Waals surface area contributed by atoms with Gasteiger partial charge in [0.15, 0.2) is 0 Å². The first kappa shape index (κ1) is 13.5. The smallest absolute Gasteiger partial charge is 0.407 e. The summed E-state index contributed by atoms with van der Waals surface area (Å²) in [7, 11) is 0. The van der Waals surface area contributed by atoms with Gasteiger partial charge >= 0.3 is 12.2 Å². The molecule has 6 nitrogen and oxygen atoms in total. The summed E-state index contributed by atoms with van der Waals surface area (Å²) in [5.41, 5.74) is 9.22. The average molecular weight is 218 g/mol. The Morgan fingerprint density at radius 3 is 1.87 bits per heavy atom. The first-order valence-corrected chi connectivity index (χ1v) is 4.71. The van der Waals surface area contributed by atoms with Crippen molar-refractivity contribution >= 4 is 12.2 Å². The highest BCUT2D eigenvalue weighted by molar-refractivity contribution is 5.66. The number of amides is 2. The molecule has 0 atom stereocenters. The molecule has 0 spiro atoms. The van der Waals surface area contributed by atoms with E-state index < -0.39 is 23.9 Å². The highest BCUT2D eigenvalue weighted by Crippen LogP contribution is 2.29. The van der Waals surface area contributed by atoms with E-state index in [-0.39, 0.29) is 0 Å². The van der Waals surface area contributed by atoms with E-state index in [0.29, 0.717) is 6.42 Å². The van der Waals surface area contributed by atoms with Gasteiger partial charge in [-0.1, -0.05) is 27.2 Å². The standard InChI is InChI=1S/C9H18N2O4/c1-4-5-9(2,3)6(14-7(10)12)15-8(11)13/h6H,4-5H2,1-3H3,(H2,10,12)(H2,11,13). The van der Waals surface area contributed by atoms with Crippen LogP contribution in [0.2, 0.25) is 0 Å². The summed E-state index contributed by atoms with van der Waals surface area (Å²) in [6.45, 7) is 5.56. The van der Waals surface area contributed by atoms with Gasteiger partial charge in [-0.25, -0.2) is 9.59 Å². The molecule has 0 heterocycles. The number of rotatable bonds is 5. The Kier molecular flexibility index (Phi) is 4.90. The Bertz CT molecular complexity index is 224. The molecular weight excluding hydrogens is 200 g/mol. The SMILES string of the molecule is CCCC(C)(C)C(OC(N)=O)OC(N)=O. The Hall–Kier alpha value is -1.46. The predicted molar refractivity (Wildman–Crippen MR) is 53.8 cm³/mol. The topological polar surface area (TPSA) is 105 Å². The molecule has 0 aliphatic carbocycles. The summed E-state index contributed by atoms with van der Waals surface area (Å²) in [6, 6.07) is 0. The third kappa shape index (κ3) is 5.09. The molecule has 15 heavy (non-hydrogen) atoms. The second-order valence-corrected chi connectivity index (χ2v) is 3.94. The van der Waals surface area contributed by atoms with Crippen LogP contribution in [0.1, 0.15) is 33.6 Å². The maximum absolute atomic E-state index is 10.6. The van der Waals surface area contributed by atoms with E-state index in [1.165, 1.54) is 0 Å². The lowest BCUT2D eigenvalue weighted by Crippen LogP contribution is -2.40. The number of nitrogens with two attached hydrogens (primary N) is 2. The molecule has 0 aromatic heterocycles. The Morgan fingerprint density at radius 1 is 1.20 bits per heavy atom. The van der Waals surface area contributed by atoms with Gasteiger partial charge in [0.1, 0.15) is 0 Å². The second-order valence-electron chi connectivity index (χ2n) is 3.94. The average Bonchev–Trinajstić information content (AvgIpc) is 2.00. The van der Waals surface area contributed by atoms with Crippen molar-refractivity contribution in [3.05, 3.63) is 0 Å². The van der Waals surface area contributed by atoms with Crippen LogP contribution in [0, 0.1) is 5.41 Å². The molecule has 0 saturated heterocycles. The molecule has 0 saturated carbocycles. The summed E-state index contributed by atoms with van der Waals surface area (Å²) in [4.78, 5) is 21.2. The maximum atomic E-state index is 10.6. The van der Waals surface area contributed by atoms with Crippen molar-refractivity contribution in [1.29, 1.82) is 0 Å². The molecule has 0 aromatic rings. The molecule has 0 aliphatic heterocycles. The lowest BCUT2D eigenvalue weighted by molar-refractivity contribution is -0.126. The van der Waals surface area contributed by atoms with Gasteiger partial charge in [-0.15, -0.1) is 0 Å². The fraction of sp³-hybridized carbons (Fsp3) is 0.778. The maximum Gasteiger partial charge on any atom is 0.407 e. The fourth-order valence-electron chi connectivity index (χ4n) is 1.32. The van der Waals surface area contributed by atoms with E-state index >= 15 is 0 Å². The normalized spacial score (nSPS) is 11.2. The van der Waals surface area contributed by atoms with Gasteiger partial charge in [0.25, 0.3) is 6.29 Å². The molecule has 4 N–H and O–H groups in total. The van der Waals surface area contributed by atoms with Gasteiger partial charge in [0, 0.05) is 5.41 Å². The molecule has 2 amide bonds. The lowest BCUT2D eigenvalue weighted by Gasteiger charge is -2.31. The van der Waals surface area contributed by atoms with Crippen LogP contribution in [-0.2, 0) is 9.47 Å². The zero-order chi connectivity index (χ0) is 12.1. The summed E-state index contributed by atoms with van der Waals surface area (Å²) >= 11 is 0. The lowest BCUT2D eigenvalue weighted by atomic mass is 9.87. The minimum atomic E-state index is -1.05. The van der Waals surface area contributed by atoms with Crippen LogP contribution in [0.25, 0.3) is 0 Å². The molecule has 0 aromatic carbocycles. The number of hydrogen-bond acceptors (Lipinski definition) is 4. The molecule has 0 radical (unpaired) electrons. The molecule has 0 bridgehead atoms. The van der Waals surface area contributed by atoms with Crippen LogP contribution < -0.4 is 11.5 Å². The quantitative estimate of drug-likeness (QED) is 0.679. The van der Waals surface area contributed by atoms with Crippen molar-refractivity contribution in [1.82, 2.24) is 0 Å². The number of primary amides is 2. The zero-order valence-electron chi connectivity index (χ0n) is 9.28. The van der Waals surface area contributed by atoms with Crippen LogP contribution >= 0.6 is 0 Å². The van der Waals surface area contributed by atoms with Gasteiger partial charge in [-0.05, 0) is 6.42 Å². The highest BCUT2D eigenvalue weighted by Gasteiger charge is 2.34. The monoisotopic (exact) mass is 218 g/mol. The van der Waals surface area contributed by atoms with E-state index in [2.05, 4.69) is 0 Å². The van der Waals surface area contributed by atoms with E-state index in [0.717, 1.165) is 6.42 Å². The Balaban J connectivity index is 4.59. The van der Waals surface area contributed by atoms with E-state index in [1.54, 1.807) is 13.8 Å². The van der Waals surface area contributed by atoms with Crippen molar-refractivity contribution in [3.8, 4) is 0 Å². The van der Waals surface area contributed by atoms with Gasteiger partial charge < -0.3 is 20.9 Å². The molecule has 0 unspecified atom stereocenters. The van der Waals surface area contributed by atoms with Gasteiger partial charge in [-0.3, -0.25) is 0 Å². The third-order valence-corrected chi connectivity index (χ3v) is 1.98. The first-order valence-electron chi connectivity index (χ1n) is 4.71. The highest BCUT2D eigenvalue weighted by atomic mass is 16.7. The first-order chi connectivity index (χ1) is 6.79. The number of carbonyl (C=O) groups is 2. The van der Waals surface area contributed by atoms with E-state index in [4.69, 9.17) is 20.9 Å². The number of hydrogen-bond donors (Lipinski definition) is 2. The van der Waals surface area contributed by atoms with Crippen molar-refractivity contribution < 1.29 is 19.1 Å². The minimum absolute atomic E-state index is 0.515. The number of carbonyl (C=O) groups excluding carboxylic acids is 2. The van der Waals surface area contributed by atoms with Gasteiger partial charge in [0.05, 0.1) is 0 Å². The summed E-state index contributed by atoms with van der Waals surface area (Å²) in [5.74, 6) is 0. The molecule has 6 heteroatoms. The van der Waals surface area contributed by atoms with Crippen molar-refractivity contribution in [3.63, 3.8) is 0 Å². The molecule has 0 fully saturated rings. The van der Waals surface area contributed by atoms with Crippen LogP contribution in [-0.4, -0.2) is 18.5 Å². The van der Waals surface area contributed by atoms with Crippen LogP contribution in [0.4, 0.5) is 9.59 Å². The fourth-order valence-corrected chi connectivity index (χ4v) is 1.32. The summed E-state index contributed by atoms with van der Waals surface area (Å²) in [6.07, 6.45) is -1.48. The van der Waals surface area contributed by atoms with Crippen LogP contribution in [0.3, 0.4) is 0 Å². The van der Waals surface area contributed by atoms with E-state index in [9.17, 15) is 9.59 Å². The van der Waals surface area contributed by atoms with Gasteiger partial charge in [0.2, 0.25) is 0 Å². The Morgan fingerprint density at radius 2 is 1.60 bits per heavy atom. The molecule has 88 valence electrons. The van der Waals surface area contributed by atoms with Crippen molar-refractivity contribution in [2.45, 2.75) is 39.9 Å². The Labute approximate surface area is 88.9 Å². The largest absolute Gasteiger partial charge is 0.408 e. The molecular formula is C9H18N2O4. The second kappa shape index (κ2) is 5.43. The minimum Gasteiger partial charge on any atom is -0.408 e. The van der Waals surface area contributed by atoms with E-state index in [1.807, 2.05) is 6.92 Å². The zero-order valence-corrected chi connectivity index (χ0v) is 9.28. The summed E-state index contributed by atoms with van der Waals surface area (Å²) in [5, 5.41) is 0. The number of ether oxygens (including phenoxy) is 2. The predicted octanol–water partition coefficient (Wildman–Crippen LogP) is 1.33. The van der Waals surface area contributed by atoms with Gasteiger partial charge in [-0.2, -0.15) is 0 Å². The molecule has 0 rings (SSSR count). The van der Waals surface area contributed by atoms with Crippen LogP contribution in [0.5, 0.6) is 0 Å². The third-order valence-electron chi connectivity index (χ3n) is 1.98. The van der Waals surface area contributed by atoms with Crippen LogP contribution in [0.15, 0.2) is 0 Å².